The Balaban J connectivity index is 2.74. The number of hydrogen-bond acceptors (Lipinski definition) is 4. The first-order valence-corrected chi connectivity index (χ1v) is 5.67. The van der Waals surface area contributed by atoms with E-state index in [1.54, 1.807) is 18.2 Å². The van der Waals surface area contributed by atoms with Crippen LogP contribution in [0.5, 0.6) is 11.5 Å². The van der Waals surface area contributed by atoms with Gasteiger partial charge in [0.05, 0.1) is 13.7 Å². The van der Waals surface area contributed by atoms with Crippen molar-refractivity contribution in [3.05, 3.63) is 23.8 Å². The highest BCUT2D eigenvalue weighted by molar-refractivity contribution is 5.68. The van der Waals surface area contributed by atoms with E-state index in [2.05, 4.69) is 6.92 Å². The molecule has 0 fully saturated rings. The molecule has 94 valence electrons. The quantitative estimate of drug-likeness (QED) is 0.668. The summed E-state index contributed by atoms with van der Waals surface area (Å²) in [4.78, 5) is 10.5. The van der Waals surface area contributed by atoms with Crippen LogP contribution in [0.15, 0.2) is 18.2 Å². The van der Waals surface area contributed by atoms with E-state index < -0.39 is 5.97 Å². The number of unbranched alkanes of at least 4 members (excludes halogenated alkanes) is 1. The molecule has 0 aliphatic rings. The van der Waals surface area contributed by atoms with Gasteiger partial charge in [-0.1, -0.05) is 19.4 Å². The number of rotatable bonds is 7. The monoisotopic (exact) mass is 237 g/mol. The Bertz CT molecular complexity index is 374. The van der Waals surface area contributed by atoms with Gasteiger partial charge in [0.25, 0.3) is 0 Å². The van der Waals surface area contributed by atoms with Crippen LogP contribution in [0.1, 0.15) is 25.3 Å². The van der Waals surface area contributed by atoms with Crippen LogP contribution in [0, 0.1) is 0 Å². The molecule has 0 saturated heterocycles. The van der Waals surface area contributed by atoms with E-state index in [9.17, 15) is 9.90 Å². The summed E-state index contributed by atoms with van der Waals surface area (Å²) < 4.78 is 10.7. The van der Waals surface area contributed by atoms with E-state index in [4.69, 9.17) is 9.47 Å². The van der Waals surface area contributed by atoms with E-state index in [0.29, 0.717) is 23.7 Å². The average molecular weight is 237 g/mol. The maximum atomic E-state index is 10.5. The molecule has 0 amide bonds. The van der Waals surface area contributed by atoms with Crippen molar-refractivity contribution in [3.63, 3.8) is 0 Å². The van der Waals surface area contributed by atoms with Crippen molar-refractivity contribution in [3.8, 4) is 11.5 Å². The van der Waals surface area contributed by atoms with Gasteiger partial charge in [-0.05, 0) is 24.1 Å². The molecule has 0 bridgehead atoms. The number of carboxylic acids is 1. The third-order valence-electron chi connectivity index (χ3n) is 2.33. The summed E-state index contributed by atoms with van der Waals surface area (Å²) in [6.07, 6.45) is 1.92. The lowest BCUT2D eigenvalue weighted by Crippen LogP contribution is -2.24. The first kappa shape index (κ1) is 13.4. The Morgan fingerprint density at radius 1 is 1.35 bits per heavy atom. The van der Waals surface area contributed by atoms with Crippen LogP contribution in [-0.2, 0) is 11.2 Å². The minimum Gasteiger partial charge on any atom is -0.550 e. The highest BCUT2D eigenvalue weighted by Crippen LogP contribution is 2.28. The standard InChI is InChI=1S/C13H18O4/c1-3-4-7-17-11-6-5-10(9-13(14)15)8-12(11)16-2/h5-6,8H,3-4,7,9H2,1-2H3,(H,14,15)/p-1. The number of benzene rings is 1. The summed E-state index contributed by atoms with van der Waals surface area (Å²) >= 11 is 0. The van der Waals surface area contributed by atoms with Crippen LogP contribution >= 0.6 is 0 Å². The SMILES string of the molecule is CCCCOc1ccc(CC(=O)[O-])cc1OC. The summed E-state index contributed by atoms with van der Waals surface area (Å²) in [7, 11) is 1.53. The van der Waals surface area contributed by atoms with Gasteiger partial charge in [-0.2, -0.15) is 0 Å². The zero-order valence-electron chi connectivity index (χ0n) is 10.2. The number of carbonyl (C=O) groups excluding carboxylic acids is 1. The number of aliphatic carboxylic acids is 1. The van der Waals surface area contributed by atoms with Gasteiger partial charge in [0.1, 0.15) is 0 Å². The van der Waals surface area contributed by atoms with Crippen LogP contribution in [0.3, 0.4) is 0 Å². The predicted molar refractivity (Wildman–Crippen MR) is 62.1 cm³/mol. The smallest absolute Gasteiger partial charge is 0.161 e. The van der Waals surface area contributed by atoms with E-state index in [1.165, 1.54) is 7.11 Å². The summed E-state index contributed by atoms with van der Waals surface area (Å²) in [5.74, 6) is 0.0922. The Hall–Kier alpha value is -1.71. The second-order valence-electron chi connectivity index (χ2n) is 3.74. The van der Waals surface area contributed by atoms with Crippen molar-refractivity contribution >= 4 is 5.97 Å². The maximum absolute atomic E-state index is 10.5. The van der Waals surface area contributed by atoms with Gasteiger partial charge in [0.2, 0.25) is 0 Å². The lowest BCUT2D eigenvalue weighted by molar-refractivity contribution is -0.304. The summed E-state index contributed by atoms with van der Waals surface area (Å²) in [5, 5.41) is 10.5. The van der Waals surface area contributed by atoms with E-state index >= 15 is 0 Å². The number of methoxy groups -OCH3 is 1. The van der Waals surface area contributed by atoms with Crippen LogP contribution in [0.2, 0.25) is 0 Å². The van der Waals surface area contributed by atoms with Crippen molar-refractivity contribution in [2.24, 2.45) is 0 Å². The third-order valence-corrected chi connectivity index (χ3v) is 2.33. The number of carboxylic acid groups (broad SMARTS) is 1. The van der Waals surface area contributed by atoms with E-state index in [1.807, 2.05) is 0 Å². The van der Waals surface area contributed by atoms with Gasteiger partial charge in [0.15, 0.2) is 11.5 Å². The number of hydrogen-bond donors (Lipinski definition) is 0. The summed E-state index contributed by atoms with van der Waals surface area (Å²) in [6.45, 7) is 2.72. The molecule has 0 spiro atoms. The molecule has 0 aliphatic heterocycles. The topological polar surface area (TPSA) is 58.6 Å². The molecule has 4 heteroatoms. The summed E-state index contributed by atoms with van der Waals surface area (Å²) in [6, 6.07) is 5.10. The fourth-order valence-corrected chi connectivity index (χ4v) is 1.43. The second-order valence-corrected chi connectivity index (χ2v) is 3.74. The Morgan fingerprint density at radius 2 is 2.12 bits per heavy atom. The average Bonchev–Trinajstić information content (AvgIpc) is 2.30. The first-order valence-electron chi connectivity index (χ1n) is 5.67. The van der Waals surface area contributed by atoms with Gasteiger partial charge < -0.3 is 19.4 Å². The Labute approximate surface area is 101 Å². The van der Waals surface area contributed by atoms with Crippen molar-refractivity contribution in [1.82, 2.24) is 0 Å². The fraction of sp³-hybridized carbons (Fsp3) is 0.462. The molecule has 0 atom stereocenters. The van der Waals surface area contributed by atoms with Gasteiger partial charge in [-0.25, -0.2) is 0 Å². The molecule has 0 heterocycles. The van der Waals surface area contributed by atoms with Crippen molar-refractivity contribution in [1.29, 1.82) is 0 Å². The molecule has 0 N–H and O–H groups in total. The first-order chi connectivity index (χ1) is 8.17. The lowest BCUT2D eigenvalue weighted by Gasteiger charge is -2.12. The van der Waals surface area contributed by atoms with E-state index in [-0.39, 0.29) is 6.42 Å². The molecular formula is C13H17O4-. The molecule has 17 heavy (non-hydrogen) atoms. The molecule has 1 rings (SSSR count). The normalized spacial score (nSPS) is 10.0. The molecule has 0 radical (unpaired) electrons. The lowest BCUT2D eigenvalue weighted by atomic mass is 10.1. The van der Waals surface area contributed by atoms with Gasteiger partial charge in [0, 0.05) is 12.4 Å². The largest absolute Gasteiger partial charge is 0.550 e. The molecule has 4 nitrogen and oxygen atoms in total. The highest BCUT2D eigenvalue weighted by atomic mass is 16.5. The molecule has 0 aromatic heterocycles. The van der Waals surface area contributed by atoms with Crippen molar-refractivity contribution < 1.29 is 19.4 Å². The van der Waals surface area contributed by atoms with Gasteiger partial charge in [-0.15, -0.1) is 0 Å². The molecular weight excluding hydrogens is 220 g/mol. The van der Waals surface area contributed by atoms with Crippen LogP contribution in [0.4, 0.5) is 0 Å². The van der Waals surface area contributed by atoms with Crippen molar-refractivity contribution in [2.75, 3.05) is 13.7 Å². The predicted octanol–water partition coefficient (Wildman–Crippen LogP) is 1.17. The third kappa shape index (κ3) is 4.34. The number of carbonyl (C=O) groups is 1. The summed E-state index contributed by atoms with van der Waals surface area (Å²) in [5.41, 5.74) is 0.643. The van der Waals surface area contributed by atoms with Gasteiger partial charge >= 0.3 is 0 Å². The zero-order valence-corrected chi connectivity index (χ0v) is 10.2. The molecule has 0 aliphatic carbocycles. The van der Waals surface area contributed by atoms with Crippen LogP contribution in [-0.4, -0.2) is 19.7 Å². The minimum absolute atomic E-state index is 0.119. The fourth-order valence-electron chi connectivity index (χ4n) is 1.43. The molecule has 0 unspecified atom stereocenters. The highest BCUT2D eigenvalue weighted by Gasteiger charge is 2.05. The zero-order chi connectivity index (χ0) is 12.7. The van der Waals surface area contributed by atoms with Crippen molar-refractivity contribution in [2.45, 2.75) is 26.2 Å². The molecule has 1 aromatic carbocycles. The molecule has 0 saturated carbocycles. The van der Waals surface area contributed by atoms with E-state index in [0.717, 1.165) is 12.8 Å². The minimum atomic E-state index is -1.10. The molecule has 1 aromatic rings. The second kappa shape index (κ2) is 6.78. The maximum Gasteiger partial charge on any atom is 0.161 e. The Kier molecular flexibility index (Phi) is 5.33. The number of ether oxygens (including phenoxy) is 2. The van der Waals surface area contributed by atoms with Crippen LogP contribution < -0.4 is 14.6 Å². The Morgan fingerprint density at radius 3 is 2.71 bits per heavy atom. The van der Waals surface area contributed by atoms with Crippen LogP contribution in [0.25, 0.3) is 0 Å². The van der Waals surface area contributed by atoms with Gasteiger partial charge in [-0.3, -0.25) is 0 Å².